The molecule has 1 amide bonds. The topological polar surface area (TPSA) is 66.0 Å². The fourth-order valence-corrected chi connectivity index (χ4v) is 17.9. The van der Waals surface area contributed by atoms with Gasteiger partial charge in [0, 0.05) is 19.0 Å². The lowest BCUT2D eigenvalue weighted by molar-refractivity contribution is 0.0841. The summed E-state index contributed by atoms with van der Waals surface area (Å²) in [6.07, 6.45) is 1.37. The molecule has 0 heterocycles. The van der Waals surface area contributed by atoms with Crippen molar-refractivity contribution in [1.29, 1.82) is 0 Å². The molecule has 0 radical (unpaired) electrons. The van der Waals surface area contributed by atoms with Gasteiger partial charge < -0.3 is 22.4 Å². The van der Waals surface area contributed by atoms with E-state index in [2.05, 4.69) is 64.2 Å². The number of carbonyl (C=O) groups excluding carboxylic acids is 1. The highest BCUT2D eigenvalue weighted by Crippen LogP contribution is 2.29. The second kappa shape index (κ2) is 13.7. The van der Waals surface area contributed by atoms with Crippen molar-refractivity contribution in [2.24, 2.45) is 0 Å². The van der Waals surface area contributed by atoms with Gasteiger partial charge >= 0.3 is 14.9 Å². The molecule has 0 spiro atoms. The molecule has 0 aliphatic heterocycles. The van der Waals surface area contributed by atoms with Crippen LogP contribution in [0.25, 0.3) is 0 Å². The number of ether oxygens (including phenoxy) is 1. The zero-order chi connectivity index (χ0) is 25.2. The van der Waals surface area contributed by atoms with Crippen LogP contribution >= 0.6 is 0 Å². The van der Waals surface area contributed by atoms with Gasteiger partial charge in [0.05, 0.1) is 0 Å². The van der Waals surface area contributed by atoms with Gasteiger partial charge in [-0.15, -0.1) is 0 Å². The molecule has 0 aromatic carbocycles. The standard InChI is InChI=1S/C21H50FNO5Si4/c1-12-13-15-20(22)18-19(2)25-21(24)23-16-14-17-32(26-29(3,4)5,27-30(6,7)8)28-31(9,10)11/h19-20H,12-18H2,1-11H3,(H,23,24). The first-order chi connectivity index (χ1) is 14.4. The van der Waals surface area contributed by atoms with E-state index >= 15 is 0 Å². The number of hydrogen-bond donors (Lipinski definition) is 1. The van der Waals surface area contributed by atoms with Crippen LogP contribution in [0.2, 0.25) is 65.0 Å². The zero-order valence-electron chi connectivity index (χ0n) is 22.5. The first-order valence-corrected chi connectivity index (χ1v) is 24.2. The maximum absolute atomic E-state index is 13.9. The first-order valence-electron chi connectivity index (χ1n) is 12.1. The predicted octanol–water partition coefficient (Wildman–Crippen LogP) is 6.90. The summed E-state index contributed by atoms with van der Waals surface area (Å²) in [6.45, 7) is 23.6. The average Bonchev–Trinajstić information content (AvgIpc) is 2.51. The Kier molecular flexibility index (Phi) is 13.7. The number of carbonyl (C=O) groups is 1. The molecule has 32 heavy (non-hydrogen) atoms. The minimum Gasteiger partial charge on any atom is -0.446 e. The number of hydrogen-bond acceptors (Lipinski definition) is 5. The number of alkyl carbamates (subject to hydrolysis) is 1. The molecular formula is C21H50FNO5Si4. The Labute approximate surface area is 201 Å². The molecule has 2 atom stereocenters. The summed E-state index contributed by atoms with van der Waals surface area (Å²) in [4.78, 5) is 12.1. The molecule has 1 N–H and O–H groups in total. The maximum atomic E-state index is 13.9. The molecular weight excluding hydrogens is 478 g/mol. The second-order valence-corrected chi connectivity index (χ2v) is 28.5. The molecule has 0 aliphatic rings. The van der Waals surface area contributed by atoms with E-state index in [1.165, 1.54) is 0 Å². The van der Waals surface area contributed by atoms with Crippen molar-refractivity contribution in [2.75, 3.05) is 6.54 Å². The van der Waals surface area contributed by atoms with E-state index in [1.54, 1.807) is 6.92 Å². The molecule has 0 aromatic heterocycles. The minimum absolute atomic E-state index is 0.238. The summed E-state index contributed by atoms with van der Waals surface area (Å²) in [5.74, 6) is 0. The second-order valence-electron chi connectivity index (χ2n) is 11.5. The van der Waals surface area contributed by atoms with Crippen LogP contribution < -0.4 is 5.32 Å². The summed E-state index contributed by atoms with van der Waals surface area (Å²) in [5, 5.41) is 2.80. The number of rotatable bonds is 16. The van der Waals surface area contributed by atoms with Gasteiger partial charge in [0.2, 0.25) is 0 Å². The summed E-state index contributed by atoms with van der Waals surface area (Å²) in [7, 11) is -8.64. The van der Waals surface area contributed by atoms with Crippen LogP contribution in [0.1, 0.15) is 46.0 Å². The first kappa shape index (κ1) is 31.9. The summed E-state index contributed by atoms with van der Waals surface area (Å²) in [6, 6.07) is 0.658. The van der Waals surface area contributed by atoms with E-state index in [0.717, 1.165) is 12.8 Å². The Bertz CT molecular complexity index is 509. The van der Waals surface area contributed by atoms with Gasteiger partial charge in [0.1, 0.15) is 12.3 Å². The molecule has 0 aromatic rings. The normalized spacial score (nSPS) is 15.4. The van der Waals surface area contributed by atoms with Crippen molar-refractivity contribution in [1.82, 2.24) is 5.32 Å². The largest absolute Gasteiger partial charge is 0.469 e. The van der Waals surface area contributed by atoms with Crippen LogP contribution in [-0.4, -0.2) is 58.7 Å². The fourth-order valence-electron chi connectivity index (χ4n) is 3.29. The third kappa shape index (κ3) is 17.4. The van der Waals surface area contributed by atoms with Crippen molar-refractivity contribution >= 4 is 39.8 Å². The maximum Gasteiger partial charge on any atom is 0.469 e. The quantitative estimate of drug-likeness (QED) is 0.175. The van der Waals surface area contributed by atoms with Crippen molar-refractivity contribution in [3.05, 3.63) is 0 Å². The van der Waals surface area contributed by atoms with E-state index in [9.17, 15) is 9.18 Å². The van der Waals surface area contributed by atoms with Crippen molar-refractivity contribution in [3.63, 3.8) is 0 Å². The summed E-state index contributed by atoms with van der Waals surface area (Å²) >= 11 is 0. The fraction of sp³-hybridized carbons (Fsp3) is 0.952. The van der Waals surface area contributed by atoms with E-state index in [0.29, 0.717) is 25.4 Å². The van der Waals surface area contributed by atoms with Crippen molar-refractivity contribution < 1.29 is 26.3 Å². The predicted molar refractivity (Wildman–Crippen MR) is 141 cm³/mol. The van der Waals surface area contributed by atoms with Gasteiger partial charge in [0.25, 0.3) is 0 Å². The number of halogens is 1. The molecule has 11 heteroatoms. The third-order valence-electron chi connectivity index (χ3n) is 4.08. The molecule has 0 bridgehead atoms. The lowest BCUT2D eigenvalue weighted by Crippen LogP contribution is -2.60. The Morgan fingerprint density at radius 3 is 1.75 bits per heavy atom. The molecule has 0 saturated heterocycles. The molecule has 0 aliphatic carbocycles. The molecule has 0 rings (SSSR count). The van der Waals surface area contributed by atoms with E-state index in [-0.39, 0.29) is 6.42 Å². The van der Waals surface area contributed by atoms with Gasteiger partial charge in [-0.3, -0.25) is 0 Å². The summed E-state index contributed by atoms with van der Waals surface area (Å²) in [5.41, 5.74) is 0. The lowest BCUT2D eigenvalue weighted by atomic mass is 10.1. The van der Waals surface area contributed by atoms with Gasteiger partial charge in [-0.25, -0.2) is 9.18 Å². The van der Waals surface area contributed by atoms with Crippen molar-refractivity contribution in [3.8, 4) is 0 Å². The molecule has 2 unspecified atom stereocenters. The van der Waals surface area contributed by atoms with Crippen LogP contribution in [0.5, 0.6) is 0 Å². The SMILES string of the molecule is CCCCC(F)CC(C)OC(=O)NCCC[Si](O[Si](C)(C)C)(O[Si](C)(C)C)O[Si](C)(C)C. The minimum atomic E-state index is -2.90. The number of alkyl halides is 1. The van der Waals surface area contributed by atoms with Crippen LogP contribution in [0.4, 0.5) is 9.18 Å². The lowest BCUT2D eigenvalue weighted by Gasteiger charge is -2.43. The van der Waals surface area contributed by atoms with Gasteiger partial charge in [0.15, 0.2) is 25.0 Å². The Morgan fingerprint density at radius 1 is 0.875 bits per heavy atom. The van der Waals surface area contributed by atoms with Crippen LogP contribution in [0, 0.1) is 0 Å². The van der Waals surface area contributed by atoms with Gasteiger partial charge in [-0.05, 0) is 78.7 Å². The summed E-state index contributed by atoms with van der Waals surface area (Å²) < 4.78 is 39.1. The average molecular weight is 528 g/mol. The zero-order valence-corrected chi connectivity index (χ0v) is 26.5. The number of unbranched alkanes of at least 4 members (excludes halogenated alkanes) is 1. The van der Waals surface area contributed by atoms with Gasteiger partial charge in [-0.1, -0.05) is 19.8 Å². The van der Waals surface area contributed by atoms with E-state index in [4.69, 9.17) is 17.1 Å². The number of amides is 1. The highest BCUT2D eigenvalue weighted by molar-refractivity contribution is 6.90. The highest BCUT2D eigenvalue weighted by atomic mass is 28.5. The van der Waals surface area contributed by atoms with Crippen LogP contribution in [0.3, 0.4) is 0 Å². The monoisotopic (exact) mass is 527 g/mol. The Balaban J connectivity index is 4.91. The van der Waals surface area contributed by atoms with Gasteiger partial charge in [-0.2, -0.15) is 0 Å². The third-order valence-corrected chi connectivity index (χ3v) is 16.1. The molecule has 6 nitrogen and oxygen atoms in total. The number of nitrogens with one attached hydrogen (secondary N) is 1. The van der Waals surface area contributed by atoms with Crippen molar-refractivity contribution in [2.45, 2.75) is 123 Å². The Morgan fingerprint density at radius 2 is 1.34 bits per heavy atom. The van der Waals surface area contributed by atoms with Crippen LogP contribution in [-0.2, 0) is 17.1 Å². The van der Waals surface area contributed by atoms with Crippen LogP contribution in [0.15, 0.2) is 0 Å². The molecule has 0 fully saturated rings. The molecule has 192 valence electrons. The smallest absolute Gasteiger partial charge is 0.446 e. The van der Waals surface area contributed by atoms with E-state index < -0.39 is 52.1 Å². The Hall–Kier alpha value is -0.0525. The van der Waals surface area contributed by atoms with E-state index in [1.807, 2.05) is 6.92 Å². The highest BCUT2D eigenvalue weighted by Gasteiger charge is 2.49. The molecule has 0 saturated carbocycles.